The summed E-state index contributed by atoms with van der Waals surface area (Å²) in [4.78, 5) is 0. The number of rotatable bonds is 3. The van der Waals surface area contributed by atoms with Crippen LogP contribution in [0, 0.1) is 0 Å². The minimum absolute atomic E-state index is 0.687. The van der Waals surface area contributed by atoms with Crippen molar-refractivity contribution in [3.05, 3.63) is 22.4 Å². The molecule has 3 nitrogen and oxygen atoms in total. The van der Waals surface area contributed by atoms with Crippen LogP contribution in [0.1, 0.15) is 19.0 Å². The van der Waals surface area contributed by atoms with Gasteiger partial charge in [-0.3, -0.25) is 4.68 Å². The SMILES string of the molecule is CC(=CCCN)c1c(Br)cnn1C. The van der Waals surface area contributed by atoms with E-state index < -0.39 is 0 Å². The van der Waals surface area contributed by atoms with Crippen molar-refractivity contribution in [2.45, 2.75) is 13.3 Å². The van der Waals surface area contributed by atoms with E-state index in [1.807, 2.05) is 11.7 Å². The minimum atomic E-state index is 0.687. The van der Waals surface area contributed by atoms with E-state index in [0.29, 0.717) is 6.54 Å². The van der Waals surface area contributed by atoms with Gasteiger partial charge in [0.15, 0.2) is 0 Å². The Hall–Kier alpha value is -0.610. The first-order chi connectivity index (χ1) is 6.16. The van der Waals surface area contributed by atoms with E-state index in [-0.39, 0.29) is 0 Å². The van der Waals surface area contributed by atoms with Crippen molar-refractivity contribution in [2.24, 2.45) is 12.8 Å². The largest absolute Gasteiger partial charge is 0.330 e. The van der Waals surface area contributed by atoms with Gasteiger partial charge < -0.3 is 5.73 Å². The van der Waals surface area contributed by atoms with Gasteiger partial charge in [-0.25, -0.2) is 0 Å². The average molecular weight is 244 g/mol. The van der Waals surface area contributed by atoms with E-state index in [4.69, 9.17) is 5.73 Å². The second kappa shape index (κ2) is 4.58. The third-order valence-corrected chi connectivity index (χ3v) is 2.47. The fourth-order valence-corrected chi connectivity index (χ4v) is 1.91. The summed E-state index contributed by atoms with van der Waals surface area (Å²) in [5.74, 6) is 0. The van der Waals surface area contributed by atoms with Crippen LogP contribution in [-0.2, 0) is 7.05 Å². The van der Waals surface area contributed by atoms with E-state index in [9.17, 15) is 0 Å². The number of aromatic nitrogens is 2. The number of nitrogens with two attached hydrogens (primary N) is 1. The molecule has 0 amide bonds. The summed E-state index contributed by atoms with van der Waals surface area (Å²) in [6.45, 7) is 2.75. The third-order valence-electron chi connectivity index (χ3n) is 1.88. The normalized spacial score (nSPS) is 12.2. The molecule has 0 aliphatic rings. The summed E-state index contributed by atoms with van der Waals surface area (Å²) in [6, 6.07) is 0. The first-order valence-corrected chi connectivity index (χ1v) is 5.00. The molecule has 0 atom stereocenters. The number of hydrogen-bond acceptors (Lipinski definition) is 2. The fourth-order valence-electron chi connectivity index (χ4n) is 1.25. The third kappa shape index (κ3) is 2.42. The van der Waals surface area contributed by atoms with E-state index >= 15 is 0 Å². The van der Waals surface area contributed by atoms with Gasteiger partial charge in [0.05, 0.1) is 16.4 Å². The molecule has 0 spiro atoms. The van der Waals surface area contributed by atoms with Crippen molar-refractivity contribution in [2.75, 3.05) is 6.54 Å². The van der Waals surface area contributed by atoms with E-state index in [1.165, 1.54) is 5.57 Å². The molecule has 0 radical (unpaired) electrons. The Morgan fingerprint density at radius 2 is 2.46 bits per heavy atom. The van der Waals surface area contributed by atoms with Crippen LogP contribution in [0.3, 0.4) is 0 Å². The Morgan fingerprint density at radius 3 is 2.92 bits per heavy atom. The summed E-state index contributed by atoms with van der Waals surface area (Å²) in [7, 11) is 1.93. The van der Waals surface area contributed by atoms with Gasteiger partial charge in [-0.05, 0) is 41.4 Å². The van der Waals surface area contributed by atoms with Crippen LogP contribution in [-0.4, -0.2) is 16.3 Å². The van der Waals surface area contributed by atoms with Crippen LogP contribution in [0.15, 0.2) is 16.7 Å². The Bertz CT molecular complexity index is 295. The number of allylic oxidation sites excluding steroid dienone is 1. The number of halogens is 1. The molecule has 0 fully saturated rings. The molecule has 1 rings (SSSR count). The molecular formula is C9H14BrN3. The lowest BCUT2D eigenvalue weighted by Crippen LogP contribution is -1.99. The van der Waals surface area contributed by atoms with Gasteiger partial charge in [0.1, 0.15) is 0 Å². The van der Waals surface area contributed by atoms with Crippen LogP contribution < -0.4 is 5.73 Å². The van der Waals surface area contributed by atoms with Gasteiger partial charge in [0, 0.05) is 7.05 Å². The smallest absolute Gasteiger partial charge is 0.0774 e. The van der Waals surface area contributed by atoms with Gasteiger partial charge >= 0.3 is 0 Å². The molecule has 1 aromatic rings. The zero-order valence-electron chi connectivity index (χ0n) is 7.92. The van der Waals surface area contributed by atoms with E-state index in [0.717, 1.165) is 16.6 Å². The molecule has 13 heavy (non-hydrogen) atoms. The van der Waals surface area contributed by atoms with Crippen molar-refractivity contribution in [1.29, 1.82) is 0 Å². The van der Waals surface area contributed by atoms with Crippen molar-refractivity contribution >= 4 is 21.5 Å². The van der Waals surface area contributed by atoms with Crippen molar-refractivity contribution in [3.63, 3.8) is 0 Å². The van der Waals surface area contributed by atoms with Crippen LogP contribution in [0.25, 0.3) is 5.57 Å². The van der Waals surface area contributed by atoms with Gasteiger partial charge in [0.2, 0.25) is 0 Å². The molecule has 0 aliphatic carbocycles. The van der Waals surface area contributed by atoms with Gasteiger partial charge in [-0.2, -0.15) is 5.10 Å². The van der Waals surface area contributed by atoms with Crippen molar-refractivity contribution < 1.29 is 0 Å². The lowest BCUT2D eigenvalue weighted by Gasteiger charge is -2.02. The first-order valence-electron chi connectivity index (χ1n) is 4.21. The van der Waals surface area contributed by atoms with E-state index in [1.54, 1.807) is 6.20 Å². The fraction of sp³-hybridized carbons (Fsp3) is 0.444. The Balaban J connectivity index is 2.93. The summed E-state index contributed by atoms with van der Waals surface area (Å²) < 4.78 is 2.88. The molecule has 0 unspecified atom stereocenters. The summed E-state index contributed by atoms with van der Waals surface area (Å²) in [5, 5.41) is 4.14. The Kier molecular flexibility index (Phi) is 3.69. The zero-order valence-corrected chi connectivity index (χ0v) is 9.50. The lowest BCUT2D eigenvalue weighted by molar-refractivity contribution is 0.755. The molecule has 1 heterocycles. The molecule has 4 heteroatoms. The second-order valence-corrected chi connectivity index (χ2v) is 3.78. The van der Waals surface area contributed by atoms with Crippen molar-refractivity contribution in [1.82, 2.24) is 9.78 Å². The minimum Gasteiger partial charge on any atom is -0.330 e. The molecule has 0 aliphatic heterocycles. The molecule has 72 valence electrons. The quantitative estimate of drug-likeness (QED) is 0.882. The topological polar surface area (TPSA) is 43.8 Å². The molecule has 0 bridgehead atoms. The maximum atomic E-state index is 5.43. The molecule has 1 aromatic heterocycles. The number of aryl methyl sites for hydroxylation is 1. The highest BCUT2D eigenvalue weighted by molar-refractivity contribution is 9.10. The second-order valence-electron chi connectivity index (χ2n) is 2.93. The van der Waals surface area contributed by atoms with Crippen LogP contribution in [0.2, 0.25) is 0 Å². The lowest BCUT2D eigenvalue weighted by atomic mass is 10.2. The summed E-state index contributed by atoms with van der Waals surface area (Å²) in [5.41, 5.74) is 7.75. The van der Waals surface area contributed by atoms with E-state index in [2.05, 4.69) is 34.0 Å². The maximum Gasteiger partial charge on any atom is 0.0774 e. The molecule has 0 aromatic carbocycles. The first kappa shape index (κ1) is 10.5. The standard InChI is InChI=1S/C9H14BrN3/c1-7(4-3-5-11)9-8(10)6-12-13(9)2/h4,6H,3,5,11H2,1-2H3. The predicted octanol–water partition coefficient (Wildman–Crippen LogP) is 1.93. The highest BCUT2D eigenvalue weighted by Crippen LogP contribution is 2.23. The summed E-state index contributed by atoms with van der Waals surface area (Å²) in [6.07, 6.45) is 4.83. The molecule has 0 saturated carbocycles. The molecular weight excluding hydrogens is 230 g/mol. The Morgan fingerprint density at radius 1 is 1.77 bits per heavy atom. The molecule has 2 N–H and O–H groups in total. The van der Waals surface area contributed by atoms with Crippen LogP contribution in [0.5, 0.6) is 0 Å². The average Bonchev–Trinajstić information content (AvgIpc) is 2.42. The van der Waals surface area contributed by atoms with Crippen molar-refractivity contribution in [3.8, 4) is 0 Å². The zero-order chi connectivity index (χ0) is 9.84. The van der Waals surface area contributed by atoms with Gasteiger partial charge in [0.25, 0.3) is 0 Å². The summed E-state index contributed by atoms with van der Waals surface area (Å²) >= 11 is 3.45. The number of nitrogens with zero attached hydrogens (tertiary/aromatic N) is 2. The predicted molar refractivity (Wildman–Crippen MR) is 58.2 cm³/mol. The molecule has 0 saturated heterocycles. The maximum absolute atomic E-state index is 5.43. The van der Waals surface area contributed by atoms with Gasteiger partial charge in [-0.15, -0.1) is 0 Å². The van der Waals surface area contributed by atoms with Gasteiger partial charge in [-0.1, -0.05) is 6.08 Å². The highest BCUT2D eigenvalue weighted by Gasteiger charge is 2.06. The monoisotopic (exact) mass is 243 g/mol. The van der Waals surface area contributed by atoms with Crippen LogP contribution in [0.4, 0.5) is 0 Å². The Labute approximate surface area is 86.7 Å². The number of hydrogen-bond donors (Lipinski definition) is 1. The van der Waals surface area contributed by atoms with Crippen LogP contribution >= 0.6 is 15.9 Å². The highest BCUT2D eigenvalue weighted by atomic mass is 79.9.